The van der Waals surface area contributed by atoms with Gasteiger partial charge in [-0.05, 0) is 31.6 Å². The quantitative estimate of drug-likeness (QED) is 0.828. The van der Waals surface area contributed by atoms with E-state index in [1.54, 1.807) is 6.20 Å². The highest BCUT2D eigenvalue weighted by Gasteiger charge is 2.05. The summed E-state index contributed by atoms with van der Waals surface area (Å²) in [5, 5.41) is 3.29. The number of hydrogen-bond acceptors (Lipinski definition) is 3. The van der Waals surface area contributed by atoms with Crippen molar-refractivity contribution in [1.29, 1.82) is 0 Å². The molecule has 0 atom stereocenters. The van der Waals surface area contributed by atoms with Gasteiger partial charge in [0.1, 0.15) is 0 Å². The average molecular weight is 309 g/mol. The fraction of sp³-hybridized carbons (Fsp3) is 0.357. The molecule has 0 aliphatic heterocycles. The van der Waals surface area contributed by atoms with Crippen LogP contribution in [0, 0.1) is 0 Å². The summed E-state index contributed by atoms with van der Waals surface area (Å²) in [5.41, 5.74) is 1.06. The first kappa shape index (κ1) is 13.3. The van der Waals surface area contributed by atoms with Crippen molar-refractivity contribution in [1.82, 2.24) is 10.3 Å². The summed E-state index contributed by atoms with van der Waals surface area (Å²) in [6.45, 7) is 4.12. The number of halogens is 1. The second kappa shape index (κ2) is 6.71. The summed E-state index contributed by atoms with van der Waals surface area (Å²) in [6.07, 6.45) is 3.73. The van der Waals surface area contributed by atoms with Crippen molar-refractivity contribution in [3.05, 3.63) is 40.8 Å². The van der Waals surface area contributed by atoms with Crippen molar-refractivity contribution in [2.75, 3.05) is 13.1 Å². The van der Waals surface area contributed by atoms with Crippen molar-refractivity contribution in [3.8, 4) is 11.3 Å². The predicted octanol–water partition coefficient (Wildman–Crippen LogP) is 3.65. The van der Waals surface area contributed by atoms with Crippen LogP contribution < -0.4 is 5.32 Å². The van der Waals surface area contributed by atoms with Gasteiger partial charge in [-0.15, -0.1) is 0 Å². The molecule has 0 aliphatic rings. The lowest BCUT2D eigenvalue weighted by Crippen LogP contribution is -2.14. The second-order valence-electron chi connectivity index (χ2n) is 4.08. The predicted molar refractivity (Wildman–Crippen MR) is 76.5 cm³/mol. The molecule has 1 aromatic carbocycles. The molecule has 0 radical (unpaired) electrons. The van der Waals surface area contributed by atoms with Gasteiger partial charge < -0.3 is 9.73 Å². The molecule has 3 nitrogen and oxygen atoms in total. The molecule has 2 aromatic rings. The highest BCUT2D eigenvalue weighted by Crippen LogP contribution is 2.22. The Bertz CT molecular complexity index is 479. The smallest absolute Gasteiger partial charge is 0.194 e. The van der Waals surface area contributed by atoms with Gasteiger partial charge in [-0.25, -0.2) is 4.98 Å². The fourth-order valence-corrected chi connectivity index (χ4v) is 1.98. The van der Waals surface area contributed by atoms with E-state index in [-0.39, 0.29) is 0 Å². The summed E-state index contributed by atoms with van der Waals surface area (Å²) < 4.78 is 6.80. The summed E-state index contributed by atoms with van der Waals surface area (Å²) in [5.74, 6) is 1.65. The monoisotopic (exact) mass is 308 g/mol. The van der Waals surface area contributed by atoms with Gasteiger partial charge in [0.2, 0.25) is 0 Å². The van der Waals surface area contributed by atoms with E-state index in [9.17, 15) is 0 Å². The number of aryl methyl sites for hydroxylation is 1. The number of nitrogens with one attached hydrogen (secondary N) is 1. The van der Waals surface area contributed by atoms with Crippen LogP contribution in [0.5, 0.6) is 0 Å². The van der Waals surface area contributed by atoms with Crippen LogP contribution in [0.3, 0.4) is 0 Å². The highest BCUT2D eigenvalue weighted by atomic mass is 79.9. The number of aromatic nitrogens is 1. The Kier molecular flexibility index (Phi) is 4.96. The summed E-state index contributed by atoms with van der Waals surface area (Å²) >= 11 is 3.42. The zero-order valence-electron chi connectivity index (χ0n) is 10.4. The molecule has 4 heteroatoms. The maximum absolute atomic E-state index is 5.74. The zero-order chi connectivity index (χ0) is 12.8. The molecular weight excluding hydrogens is 292 g/mol. The Hall–Kier alpha value is -1.13. The van der Waals surface area contributed by atoms with Gasteiger partial charge in [0, 0.05) is 16.5 Å². The van der Waals surface area contributed by atoms with Crippen LogP contribution >= 0.6 is 15.9 Å². The molecule has 0 unspecified atom stereocenters. The van der Waals surface area contributed by atoms with Gasteiger partial charge in [-0.1, -0.05) is 35.0 Å². The third kappa shape index (κ3) is 3.68. The Morgan fingerprint density at radius 2 is 2.06 bits per heavy atom. The molecule has 2 rings (SSSR count). The Morgan fingerprint density at radius 1 is 1.28 bits per heavy atom. The summed E-state index contributed by atoms with van der Waals surface area (Å²) in [4.78, 5) is 4.31. The van der Waals surface area contributed by atoms with E-state index in [1.165, 1.54) is 0 Å². The van der Waals surface area contributed by atoms with Crippen molar-refractivity contribution >= 4 is 15.9 Å². The fourth-order valence-electron chi connectivity index (χ4n) is 1.71. The first-order valence-electron chi connectivity index (χ1n) is 6.21. The van der Waals surface area contributed by atoms with Gasteiger partial charge in [0.25, 0.3) is 0 Å². The lowest BCUT2D eigenvalue weighted by Gasteiger charge is -1.99. The zero-order valence-corrected chi connectivity index (χ0v) is 12.0. The van der Waals surface area contributed by atoms with E-state index >= 15 is 0 Å². The number of benzene rings is 1. The third-order valence-electron chi connectivity index (χ3n) is 2.68. The van der Waals surface area contributed by atoms with Crippen molar-refractivity contribution in [2.24, 2.45) is 0 Å². The summed E-state index contributed by atoms with van der Waals surface area (Å²) in [6, 6.07) is 8.05. The minimum absolute atomic E-state index is 0.811. The lowest BCUT2D eigenvalue weighted by molar-refractivity contribution is 0.493. The van der Waals surface area contributed by atoms with E-state index in [0.29, 0.717) is 0 Å². The molecule has 0 saturated heterocycles. The minimum atomic E-state index is 0.811. The number of nitrogens with zero attached hydrogens (tertiary/aromatic N) is 1. The molecule has 0 fully saturated rings. The van der Waals surface area contributed by atoms with Crippen LogP contribution in [0.25, 0.3) is 11.3 Å². The molecule has 96 valence electrons. The Morgan fingerprint density at radius 3 is 2.78 bits per heavy atom. The van der Waals surface area contributed by atoms with Gasteiger partial charge in [0.15, 0.2) is 11.7 Å². The van der Waals surface area contributed by atoms with Crippen molar-refractivity contribution in [3.63, 3.8) is 0 Å². The second-order valence-corrected chi connectivity index (χ2v) is 5.00. The van der Waals surface area contributed by atoms with Gasteiger partial charge in [-0.3, -0.25) is 0 Å². The van der Waals surface area contributed by atoms with Crippen molar-refractivity contribution in [2.45, 2.75) is 19.8 Å². The first-order valence-corrected chi connectivity index (χ1v) is 7.00. The normalized spacial score (nSPS) is 10.8. The van der Waals surface area contributed by atoms with Crippen molar-refractivity contribution < 1.29 is 4.42 Å². The molecule has 1 heterocycles. The van der Waals surface area contributed by atoms with E-state index < -0.39 is 0 Å². The summed E-state index contributed by atoms with van der Waals surface area (Å²) in [7, 11) is 0. The van der Waals surface area contributed by atoms with Crippen LogP contribution in [-0.2, 0) is 6.42 Å². The molecule has 0 amide bonds. The molecule has 0 saturated carbocycles. The minimum Gasteiger partial charge on any atom is -0.441 e. The van der Waals surface area contributed by atoms with E-state index in [0.717, 1.165) is 47.6 Å². The highest BCUT2D eigenvalue weighted by molar-refractivity contribution is 9.10. The number of oxazole rings is 1. The molecule has 0 aliphatic carbocycles. The van der Waals surface area contributed by atoms with Crippen LogP contribution in [0.2, 0.25) is 0 Å². The van der Waals surface area contributed by atoms with Crippen LogP contribution in [0.1, 0.15) is 19.2 Å². The maximum Gasteiger partial charge on any atom is 0.194 e. The number of hydrogen-bond donors (Lipinski definition) is 1. The van der Waals surface area contributed by atoms with Gasteiger partial charge in [0.05, 0.1) is 6.20 Å². The maximum atomic E-state index is 5.74. The standard InChI is InChI=1S/C14H17BrN2O/c1-2-16-9-3-4-14-17-10-13(18-14)11-5-7-12(15)8-6-11/h5-8,10,16H,2-4,9H2,1H3. The Balaban J connectivity index is 1.95. The van der Waals surface area contributed by atoms with Crippen LogP contribution in [0.4, 0.5) is 0 Å². The first-order chi connectivity index (χ1) is 8.79. The van der Waals surface area contributed by atoms with Crippen LogP contribution in [-0.4, -0.2) is 18.1 Å². The van der Waals surface area contributed by atoms with Gasteiger partial charge in [-0.2, -0.15) is 0 Å². The van der Waals surface area contributed by atoms with E-state index in [4.69, 9.17) is 4.42 Å². The Labute approximate surface area is 116 Å². The molecule has 1 aromatic heterocycles. The molecular formula is C14H17BrN2O. The van der Waals surface area contributed by atoms with Gasteiger partial charge >= 0.3 is 0 Å². The van der Waals surface area contributed by atoms with E-state index in [1.807, 2.05) is 24.3 Å². The van der Waals surface area contributed by atoms with E-state index in [2.05, 4.69) is 33.2 Å². The molecule has 18 heavy (non-hydrogen) atoms. The molecule has 1 N–H and O–H groups in total. The average Bonchev–Trinajstić information content (AvgIpc) is 2.84. The SMILES string of the molecule is CCNCCCc1ncc(-c2ccc(Br)cc2)o1. The largest absolute Gasteiger partial charge is 0.441 e. The van der Waals surface area contributed by atoms with Crippen LogP contribution in [0.15, 0.2) is 39.4 Å². The third-order valence-corrected chi connectivity index (χ3v) is 3.21. The molecule has 0 spiro atoms. The lowest BCUT2D eigenvalue weighted by atomic mass is 10.2. The topological polar surface area (TPSA) is 38.1 Å². The number of rotatable bonds is 6. The molecule has 0 bridgehead atoms.